The minimum Gasteiger partial charge on any atom is -0.462 e. The molecule has 0 radical (unpaired) electrons. The second-order valence-corrected chi connectivity index (χ2v) is 8.53. The van der Waals surface area contributed by atoms with Gasteiger partial charge in [0.2, 0.25) is 0 Å². The average Bonchev–Trinajstić information content (AvgIpc) is 3.04. The summed E-state index contributed by atoms with van der Waals surface area (Å²) in [6.45, 7) is 6.39. The van der Waals surface area contributed by atoms with Gasteiger partial charge in [-0.2, -0.15) is 0 Å². The summed E-state index contributed by atoms with van der Waals surface area (Å²) in [5.41, 5.74) is 1.10. The van der Waals surface area contributed by atoms with Crippen molar-refractivity contribution in [2.45, 2.75) is 64.1 Å². The van der Waals surface area contributed by atoms with Crippen molar-refractivity contribution in [2.24, 2.45) is 0 Å². The second kappa shape index (κ2) is 12.0. The van der Waals surface area contributed by atoms with Gasteiger partial charge in [-0.25, -0.2) is 9.59 Å². The number of ether oxygens (including phenoxy) is 2. The number of urea groups is 1. The number of anilines is 1. The molecule has 176 valence electrons. The summed E-state index contributed by atoms with van der Waals surface area (Å²) in [5, 5.41) is 10.1. The Hall–Kier alpha value is -2.39. The maximum Gasteiger partial charge on any atom is 0.338 e. The number of nitrogens with one attached hydrogen (secondary N) is 3. The SMILES string of the molecule is CCOCCCNC(=S)N1[C@H]2CC[C@H]1CC(NC(=O)Nc1ccc(C(=O)OCC)cc1)C2. The van der Waals surface area contributed by atoms with Crippen LogP contribution in [0.5, 0.6) is 0 Å². The Bertz CT molecular complexity index is 775. The van der Waals surface area contributed by atoms with Gasteiger partial charge in [-0.15, -0.1) is 0 Å². The highest BCUT2D eigenvalue weighted by molar-refractivity contribution is 7.80. The lowest BCUT2D eigenvalue weighted by atomic mass is 9.98. The van der Waals surface area contributed by atoms with Crippen molar-refractivity contribution >= 4 is 35.0 Å². The predicted octanol–water partition coefficient (Wildman–Crippen LogP) is 3.28. The number of fused-ring (bicyclic) bond motifs is 2. The van der Waals surface area contributed by atoms with E-state index in [0.29, 0.717) is 29.9 Å². The molecular weight excluding hydrogens is 428 g/mol. The van der Waals surface area contributed by atoms with Crippen molar-refractivity contribution in [1.82, 2.24) is 15.5 Å². The number of carbonyl (C=O) groups excluding carboxylic acids is 2. The number of thiocarbonyl (C=S) groups is 1. The third kappa shape index (κ3) is 6.56. The smallest absolute Gasteiger partial charge is 0.338 e. The molecule has 0 spiro atoms. The summed E-state index contributed by atoms with van der Waals surface area (Å²) in [6, 6.07) is 7.29. The lowest BCUT2D eigenvalue weighted by molar-refractivity contribution is 0.0526. The molecule has 2 bridgehead atoms. The zero-order chi connectivity index (χ0) is 22.9. The third-order valence-corrected chi connectivity index (χ3v) is 6.26. The molecular formula is C23H34N4O4S. The highest BCUT2D eigenvalue weighted by atomic mass is 32.1. The number of nitrogens with zero attached hydrogens (tertiary/aromatic N) is 1. The molecule has 9 heteroatoms. The van der Waals surface area contributed by atoms with E-state index in [2.05, 4.69) is 20.9 Å². The first kappa shape index (κ1) is 24.3. The van der Waals surface area contributed by atoms with E-state index in [9.17, 15) is 9.59 Å². The molecule has 3 rings (SSSR count). The molecule has 8 nitrogen and oxygen atoms in total. The van der Waals surface area contributed by atoms with Gasteiger partial charge in [0.05, 0.1) is 12.2 Å². The Labute approximate surface area is 195 Å². The summed E-state index contributed by atoms with van der Waals surface area (Å²) >= 11 is 5.65. The molecule has 0 aromatic heterocycles. The van der Waals surface area contributed by atoms with Crippen LogP contribution in [0.3, 0.4) is 0 Å². The Balaban J connectivity index is 1.44. The van der Waals surface area contributed by atoms with E-state index in [1.54, 1.807) is 31.2 Å². The fourth-order valence-electron chi connectivity index (χ4n) is 4.49. The first-order chi connectivity index (χ1) is 15.5. The summed E-state index contributed by atoms with van der Waals surface area (Å²) in [6.07, 6.45) is 4.89. The molecule has 2 fully saturated rings. The highest BCUT2D eigenvalue weighted by Crippen LogP contribution is 2.35. The van der Waals surface area contributed by atoms with E-state index in [0.717, 1.165) is 57.0 Å². The van der Waals surface area contributed by atoms with E-state index >= 15 is 0 Å². The van der Waals surface area contributed by atoms with Crippen molar-refractivity contribution in [3.8, 4) is 0 Å². The molecule has 1 aromatic rings. The molecule has 2 aliphatic heterocycles. The van der Waals surface area contributed by atoms with Gasteiger partial charge in [-0.05, 0) is 82.4 Å². The van der Waals surface area contributed by atoms with Gasteiger partial charge in [0, 0.05) is 43.6 Å². The van der Waals surface area contributed by atoms with Crippen molar-refractivity contribution < 1.29 is 19.1 Å². The van der Waals surface area contributed by atoms with Crippen LogP contribution < -0.4 is 16.0 Å². The van der Waals surface area contributed by atoms with Crippen LogP contribution in [-0.2, 0) is 9.47 Å². The fraction of sp³-hybridized carbons (Fsp3) is 0.609. The van der Waals surface area contributed by atoms with Crippen LogP contribution in [0, 0.1) is 0 Å². The van der Waals surface area contributed by atoms with Crippen molar-refractivity contribution in [1.29, 1.82) is 0 Å². The first-order valence-corrected chi connectivity index (χ1v) is 11.9. The summed E-state index contributed by atoms with van der Waals surface area (Å²) < 4.78 is 10.3. The molecule has 2 aliphatic rings. The minimum absolute atomic E-state index is 0.114. The quantitative estimate of drug-likeness (QED) is 0.295. The standard InChI is InChI=1S/C23H34N4O4S/c1-3-30-13-5-12-24-23(32)27-19-10-11-20(27)15-18(14-19)26-22(29)25-17-8-6-16(7-9-17)21(28)31-4-2/h6-9,18-20H,3-5,10-15H2,1-2H3,(H,24,32)(H2,25,26,29)/t19-,20-/m0/s1. The Morgan fingerprint density at radius 3 is 2.41 bits per heavy atom. The Morgan fingerprint density at radius 2 is 1.78 bits per heavy atom. The van der Waals surface area contributed by atoms with Gasteiger partial charge in [0.15, 0.2) is 5.11 Å². The highest BCUT2D eigenvalue weighted by Gasteiger charge is 2.42. The third-order valence-electron chi connectivity index (χ3n) is 5.90. The van der Waals surface area contributed by atoms with Crippen LogP contribution in [0.25, 0.3) is 0 Å². The maximum absolute atomic E-state index is 12.5. The molecule has 0 aliphatic carbocycles. The number of piperidine rings is 1. The zero-order valence-corrected chi connectivity index (χ0v) is 19.7. The zero-order valence-electron chi connectivity index (χ0n) is 18.9. The molecule has 2 saturated heterocycles. The molecule has 0 saturated carbocycles. The molecule has 3 N–H and O–H groups in total. The molecule has 32 heavy (non-hydrogen) atoms. The fourth-order valence-corrected chi connectivity index (χ4v) is 4.89. The van der Waals surface area contributed by atoms with Crippen LogP contribution in [0.15, 0.2) is 24.3 Å². The number of esters is 1. The van der Waals surface area contributed by atoms with Gasteiger partial charge in [-0.1, -0.05) is 0 Å². The van der Waals surface area contributed by atoms with E-state index in [1.165, 1.54) is 0 Å². The van der Waals surface area contributed by atoms with Crippen LogP contribution in [0.4, 0.5) is 10.5 Å². The number of hydrogen-bond acceptors (Lipinski definition) is 5. The van der Waals surface area contributed by atoms with E-state index in [-0.39, 0.29) is 18.0 Å². The first-order valence-electron chi connectivity index (χ1n) is 11.5. The monoisotopic (exact) mass is 462 g/mol. The van der Waals surface area contributed by atoms with E-state index in [4.69, 9.17) is 21.7 Å². The summed E-state index contributed by atoms with van der Waals surface area (Å²) in [5.74, 6) is -0.368. The Morgan fingerprint density at radius 1 is 1.09 bits per heavy atom. The number of amides is 2. The van der Waals surface area contributed by atoms with E-state index in [1.807, 2.05) is 6.92 Å². The lowest BCUT2D eigenvalue weighted by Gasteiger charge is -2.40. The van der Waals surface area contributed by atoms with Crippen LogP contribution in [-0.4, -0.2) is 66.5 Å². The number of rotatable bonds is 9. The van der Waals surface area contributed by atoms with Gasteiger partial charge in [-0.3, -0.25) is 0 Å². The lowest BCUT2D eigenvalue weighted by Crippen LogP contribution is -2.55. The van der Waals surface area contributed by atoms with Gasteiger partial charge in [0.1, 0.15) is 0 Å². The summed E-state index contributed by atoms with van der Waals surface area (Å²) in [4.78, 5) is 26.6. The molecule has 0 unspecified atom stereocenters. The van der Waals surface area contributed by atoms with Crippen molar-refractivity contribution in [3.05, 3.63) is 29.8 Å². The molecule has 2 amide bonds. The topological polar surface area (TPSA) is 91.9 Å². The largest absolute Gasteiger partial charge is 0.462 e. The van der Waals surface area contributed by atoms with Crippen molar-refractivity contribution in [3.63, 3.8) is 0 Å². The number of carbonyl (C=O) groups is 2. The average molecular weight is 463 g/mol. The van der Waals surface area contributed by atoms with Crippen LogP contribution >= 0.6 is 12.2 Å². The second-order valence-electron chi connectivity index (χ2n) is 8.14. The maximum atomic E-state index is 12.5. The summed E-state index contributed by atoms with van der Waals surface area (Å²) in [7, 11) is 0. The Kier molecular flexibility index (Phi) is 9.11. The number of hydrogen-bond donors (Lipinski definition) is 3. The minimum atomic E-state index is -0.368. The predicted molar refractivity (Wildman–Crippen MR) is 128 cm³/mol. The van der Waals surface area contributed by atoms with Crippen LogP contribution in [0.2, 0.25) is 0 Å². The number of benzene rings is 1. The molecule has 1 aromatic carbocycles. The van der Waals surface area contributed by atoms with Crippen LogP contribution in [0.1, 0.15) is 56.3 Å². The molecule has 2 heterocycles. The van der Waals surface area contributed by atoms with E-state index < -0.39 is 0 Å². The van der Waals surface area contributed by atoms with Gasteiger partial charge >= 0.3 is 12.0 Å². The van der Waals surface area contributed by atoms with Gasteiger partial charge < -0.3 is 30.3 Å². The van der Waals surface area contributed by atoms with Crippen molar-refractivity contribution in [2.75, 3.05) is 31.7 Å². The van der Waals surface area contributed by atoms with Gasteiger partial charge in [0.25, 0.3) is 0 Å². The molecule has 2 atom stereocenters. The normalized spacial score (nSPS) is 21.7.